The Balaban J connectivity index is 0.00000261. The zero-order valence-corrected chi connectivity index (χ0v) is 15.1. The number of benzene rings is 1. The maximum atomic E-state index is 12.6. The van der Waals surface area contributed by atoms with E-state index in [2.05, 4.69) is 15.6 Å². The second kappa shape index (κ2) is 7.31. The van der Waals surface area contributed by atoms with E-state index in [0.717, 1.165) is 5.56 Å². The fourth-order valence-electron chi connectivity index (χ4n) is 3.17. The Bertz CT molecular complexity index is 762. The van der Waals surface area contributed by atoms with Gasteiger partial charge in [-0.15, -0.1) is 0 Å². The molecule has 0 bridgehead atoms. The predicted molar refractivity (Wildman–Crippen MR) is 92.7 cm³/mol. The topological polar surface area (TPSA) is 76.7 Å². The van der Waals surface area contributed by atoms with Gasteiger partial charge in [0.05, 0.1) is 11.6 Å². The van der Waals surface area contributed by atoms with Gasteiger partial charge in [-0.3, -0.25) is 5.43 Å². The minimum atomic E-state index is -4.21. The van der Waals surface area contributed by atoms with Crippen molar-refractivity contribution in [2.24, 2.45) is 5.92 Å². The highest BCUT2D eigenvalue weighted by molar-refractivity contribution is 7.89. The molecule has 26 heavy (non-hydrogen) atoms. The standard InChI is InChI=1S/C15H22F3N5O2S.H2/c1-22-14-11(8-19-22)4-2-5-13(14)26(24,25)21-6-3-7-23-10-12(9-20-23)15(16,17)18;/h2,4-5,12,19-21H,3,6-10H2,1H3;1H. The molecule has 0 amide bonds. The van der Waals surface area contributed by atoms with E-state index in [1.165, 1.54) is 5.01 Å². The smallest absolute Gasteiger partial charge is 0.309 e. The number of rotatable bonds is 6. The molecular weight excluding hydrogens is 371 g/mol. The van der Waals surface area contributed by atoms with Crippen molar-refractivity contribution in [3.8, 4) is 0 Å². The van der Waals surface area contributed by atoms with Gasteiger partial charge in [0.2, 0.25) is 10.0 Å². The summed E-state index contributed by atoms with van der Waals surface area (Å²) in [6.45, 7) is 0.807. The maximum absolute atomic E-state index is 12.6. The Morgan fingerprint density at radius 3 is 2.81 bits per heavy atom. The molecule has 0 radical (unpaired) electrons. The van der Waals surface area contributed by atoms with Crippen LogP contribution in [0, 0.1) is 5.92 Å². The summed E-state index contributed by atoms with van der Waals surface area (Å²) in [4.78, 5) is 0.193. The zero-order valence-electron chi connectivity index (χ0n) is 14.3. The Hall–Kier alpha value is -1.40. The summed E-state index contributed by atoms with van der Waals surface area (Å²) in [5.74, 6) is -1.38. The summed E-state index contributed by atoms with van der Waals surface area (Å²) < 4.78 is 65.6. The molecule has 2 aliphatic rings. The Kier molecular flexibility index (Phi) is 5.45. The highest BCUT2D eigenvalue weighted by Gasteiger charge is 2.43. The molecule has 3 rings (SSSR count). The largest absolute Gasteiger partial charge is 0.394 e. The van der Waals surface area contributed by atoms with E-state index < -0.39 is 22.1 Å². The van der Waals surface area contributed by atoms with Crippen LogP contribution in [0.3, 0.4) is 0 Å². The molecule has 1 atom stereocenters. The molecule has 2 heterocycles. The van der Waals surface area contributed by atoms with Crippen LogP contribution in [0.5, 0.6) is 0 Å². The molecule has 0 spiro atoms. The van der Waals surface area contributed by atoms with Crippen LogP contribution in [0.25, 0.3) is 0 Å². The van der Waals surface area contributed by atoms with Crippen LogP contribution >= 0.6 is 0 Å². The van der Waals surface area contributed by atoms with Gasteiger partial charge in [0.15, 0.2) is 0 Å². The SMILES string of the molecule is CN1NCc2cccc(S(=O)(=O)NCCCN3CC(C(F)(F)F)CN3)c21.[HH]. The highest BCUT2D eigenvalue weighted by Crippen LogP contribution is 2.31. The molecule has 1 aromatic rings. The molecule has 1 unspecified atom stereocenters. The van der Waals surface area contributed by atoms with E-state index in [1.54, 1.807) is 24.2 Å². The maximum Gasteiger partial charge on any atom is 0.394 e. The first-order chi connectivity index (χ1) is 12.2. The van der Waals surface area contributed by atoms with E-state index in [9.17, 15) is 21.6 Å². The van der Waals surface area contributed by atoms with Gasteiger partial charge in [0.25, 0.3) is 0 Å². The van der Waals surface area contributed by atoms with Crippen LogP contribution in [0.15, 0.2) is 23.1 Å². The molecule has 11 heteroatoms. The van der Waals surface area contributed by atoms with Gasteiger partial charge in [-0.2, -0.15) is 13.2 Å². The van der Waals surface area contributed by atoms with Gasteiger partial charge in [-0.05, 0) is 18.1 Å². The molecule has 148 valence electrons. The summed E-state index contributed by atoms with van der Waals surface area (Å²) >= 11 is 0. The van der Waals surface area contributed by atoms with Crippen LogP contribution in [0.4, 0.5) is 18.9 Å². The number of anilines is 1. The van der Waals surface area contributed by atoms with Crippen LogP contribution in [-0.2, 0) is 16.6 Å². The van der Waals surface area contributed by atoms with Gasteiger partial charge < -0.3 is 5.01 Å². The molecular formula is C15H24F3N5O2S. The molecule has 1 fully saturated rings. The second-order valence-corrected chi connectivity index (χ2v) is 8.19. The van der Waals surface area contributed by atoms with E-state index >= 15 is 0 Å². The normalized spacial score (nSPS) is 21.4. The van der Waals surface area contributed by atoms with E-state index in [4.69, 9.17) is 0 Å². The van der Waals surface area contributed by atoms with Crippen molar-refractivity contribution < 1.29 is 23.0 Å². The molecule has 0 aromatic heterocycles. The zero-order chi connectivity index (χ0) is 18.9. The van der Waals surface area contributed by atoms with Gasteiger partial charge >= 0.3 is 6.18 Å². The number of hydrogen-bond donors (Lipinski definition) is 3. The van der Waals surface area contributed by atoms with Crippen molar-refractivity contribution in [3.63, 3.8) is 0 Å². The van der Waals surface area contributed by atoms with Crippen molar-refractivity contribution in [1.82, 2.24) is 20.6 Å². The molecule has 0 aliphatic carbocycles. The van der Waals surface area contributed by atoms with Crippen molar-refractivity contribution in [1.29, 1.82) is 0 Å². The van der Waals surface area contributed by atoms with E-state index in [1.807, 2.05) is 6.07 Å². The average molecular weight is 395 g/mol. The minimum absolute atomic E-state index is 0. The Morgan fingerprint density at radius 1 is 1.35 bits per heavy atom. The highest BCUT2D eigenvalue weighted by atomic mass is 32.2. The number of fused-ring (bicyclic) bond motifs is 1. The lowest BCUT2D eigenvalue weighted by Crippen LogP contribution is -2.35. The number of halogens is 3. The lowest BCUT2D eigenvalue weighted by molar-refractivity contribution is -0.167. The molecule has 0 saturated carbocycles. The van der Waals surface area contributed by atoms with Gasteiger partial charge in [0, 0.05) is 41.2 Å². The third-order valence-electron chi connectivity index (χ3n) is 4.58. The van der Waals surface area contributed by atoms with Crippen LogP contribution < -0.4 is 20.6 Å². The van der Waals surface area contributed by atoms with Crippen molar-refractivity contribution in [2.75, 3.05) is 38.2 Å². The van der Waals surface area contributed by atoms with Crippen molar-refractivity contribution >= 4 is 15.7 Å². The number of para-hydroxylation sites is 1. The number of hydrazine groups is 2. The predicted octanol–water partition coefficient (Wildman–Crippen LogP) is 1.05. The first-order valence-electron chi connectivity index (χ1n) is 8.32. The molecule has 7 nitrogen and oxygen atoms in total. The van der Waals surface area contributed by atoms with Gasteiger partial charge in [0.1, 0.15) is 4.90 Å². The summed E-state index contributed by atoms with van der Waals surface area (Å²) in [5, 5.41) is 3.17. The summed E-state index contributed by atoms with van der Waals surface area (Å²) in [6.07, 6.45) is -3.81. The summed E-state index contributed by atoms with van der Waals surface area (Å²) in [7, 11) is -1.95. The summed E-state index contributed by atoms with van der Waals surface area (Å²) in [6, 6.07) is 5.10. The number of nitrogens with zero attached hydrogens (tertiary/aromatic N) is 2. The average Bonchev–Trinajstić information content (AvgIpc) is 3.19. The minimum Gasteiger partial charge on any atom is -0.309 e. The number of alkyl halides is 3. The monoisotopic (exact) mass is 395 g/mol. The van der Waals surface area contributed by atoms with Gasteiger partial charge in [-0.25, -0.2) is 23.6 Å². The Morgan fingerprint density at radius 2 is 2.12 bits per heavy atom. The fourth-order valence-corrected chi connectivity index (χ4v) is 4.52. The van der Waals surface area contributed by atoms with E-state index in [0.29, 0.717) is 25.2 Å². The van der Waals surface area contributed by atoms with E-state index in [-0.39, 0.29) is 26.0 Å². The molecule has 1 aromatic carbocycles. The van der Waals surface area contributed by atoms with Crippen molar-refractivity contribution in [2.45, 2.75) is 24.0 Å². The number of hydrogen-bond acceptors (Lipinski definition) is 6. The number of sulfonamides is 1. The first-order valence-corrected chi connectivity index (χ1v) is 9.81. The van der Waals surface area contributed by atoms with Crippen LogP contribution in [0.1, 0.15) is 13.4 Å². The second-order valence-electron chi connectivity index (χ2n) is 6.46. The fraction of sp³-hybridized carbons (Fsp3) is 0.600. The molecule has 3 N–H and O–H groups in total. The van der Waals surface area contributed by atoms with Crippen LogP contribution in [-0.4, -0.2) is 52.8 Å². The lowest BCUT2D eigenvalue weighted by Gasteiger charge is -2.18. The Labute approximate surface area is 152 Å². The lowest BCUT2D eigenvalue weighted by atomic mass is 10.1. The van der Waals surface area contributed by atoms with Crippen LogP contribution in [0.2, 0.25) is 0 Å². The first kappa shape index (κ1) is 19.4. The quantitative estimate of drug-likeness (QED) is 0.626. The third-order valence-corrected chi connectivity index (χ3v) is 6.07. The molecule has 2 aliphatic heterocycles. The van der Waals surface area contributed by atoms with Gasteiger partial charge in [-0.1, -0.05) is 12.1 Å². The van der Waals surface area contributed by atoms with Crippen molar-refractivity contribution in [3.05, 3.63) is 23.8 Å². The summed E-state index contributed by atoms with van der Waals surface area (Å²) in [5.41, 5.74) is 7.27. The third kappa shape index (κ3) is 4.12. The number of nitrogens with one attached hydrogen (secondary N) is 3. The molecule has 1 saturated heterocycles.